The molecule has 1 aromatic heterocycles. The van der Waals surface area contributed by atoms with E-state index in [0.29, 0.717) is 5.52 Å². The first kappa shape index (κ1) is 19.0. The molecule has 0 saturated carbocycles. The molecule has 0 radical (unpaired) electrons. The Kier molecular flexibility index (Phi) is 4.97. The maximum absolute atomic E-state index is 13.8. The summed E-state index contributed by atoms with van der Waals surface area (Å²) in [6, 6.07) is 15.5. The Morgan fingerprint density at radius 2 is 1.70 bits per heavy atom. The Bertz CT molecular complexity index is 950. The second-order valence-electron chi connectivity index (χ2n) is 6.10. The highest BCUT2D eigenvalue weighted by Crippen LogP contribution is 2.43. The molecule has 0 fully saturated rings. The Morgan fingerprint density at radius 3 is 2.33 bits per heavy atom. The van der Waals surface area contributed by atoms with Gasteiger partial charge in [-0.1, -0.05) is 48.5 Å². The number of para-hydroxylation sites is 1. The smallest absolute Gasteiger partial charge is 0.432 e. The number of ether oxygens (including phenoxy) is 1. The van der Waals surface area contributed by atoms with Gasteiger partial charge in [0.15, 0.2) is 0 Å². The summed E-state index contributed by atoms with van der Waals surface area (Å²) >= 11 is 0. The number of carbonyl (C=O) groups excluding carboxylic acids is 1. The average Bonchev–Trinajstić information content (AvgIpc) is 3.00. The molecule has 0 saturated heterocycles. The van der Waals surface area contributed by atoms with Gasteiger partial charge in [0, 0.05) is 29.2 Å². The molecule has 27 heavy (non-hydrogen) atoms. The van der Waals surface area contributed by atoms with E-state index in [0.717, 1.165) is 5.56 Å². The van der Waals surface area contributed by atoms with Crippen molar-refractivity contribution >= 4 is 16.9 Å². The van der Waals surface area contributed by atoms with E-state index in [9.17, 15) is 23.1 Å². The average molecular weight is 377 g/mol. The molecule has 142 valence electrons. The molecular weight excluding hydrogens is 359 g/mol. The van der Waals surface area contributed by atoms with Crippen LogP contribution < -0.4 is 0 Å². The Hall–Kier alpha value is -2.80. The van der Waals surface area contributed by atoms with Crippen LogP contribution in [0.2, 0.25) is 0 Å². The van der Waals surface area contributed by atoms with Crippen LogP contribution in [0, 0.1) is 0 Å². The van der Waals surface area contributed by atoms with Gasteiger partial charge < -0.3 is 14.4 Å². The van der Waals surface area contributed by atoms with Crippen LogP contribution in [0.4, 0.5) is 13.2 Å². The van der Waals surface area contributed by atoms with Gasteiger partial charge in [0.25, 0.3) is 5.60 Å². The fraction of sp³-hybridized carbons (Fsp3) is 0.250. The van der Waals surface area contributed by atoms with E-state index in [2.05, 4.69) is 4.74 Å². The molecule has 3 rings (SSSR count). The standard InChI is InChI=1S/C20H18F3NO3/c1-2-27-18(25)19(26,20(21,22)23)16-13-24(12-14-8-4-3-5-9-14)17-11-7-6-10-15(16)17/h3-11,13,26H,2,12H2,1H3/t19-/m1/s1. The zero-order chi connectivity index (χ0) is 19.7. The number of hydrogen-bond donors (Lipinski definition) is 1. The Labute approximate surface area is 153 Å². The predicted octanol–water partition coefficient (Wildman–Crippen LogP) is 4.00. The molecule has 4 nitrogen and oxygen atoms in total. The number of aliphatic hydroxyl groups is 1. The van der Waals surface area contributed by atoms with E-state index in [-0.39, 0.29) is 18.5 Å². The number of hydrogen-bond acceptors (Lipinski definition) is 3. The fourth-order valence-corrected chi connectivity index (χ4v) is 3.06. The maximum atomic E-state index is 13.8. The molecule has 7 heteroatoms. The number of fused-ring (bicyclic) bond motifs is 1. The highest BCUT2D eigenvalue weighted by Gasteiger charge is 2.63. The van der Waals surface area contributed by atoms with E-state index in [4.69, 9.17) is 0 Å². The van der Waals surface area contributed by atoms with Crippen molar-refractivity contribution in [3.63, 3.8) is 0 Å². The lowest BCUT2D eigenvalue weighted by molar-refractivity contribution is -0.267. The molecule has 0 aliphatic heterocycles. The highest BCUT2D eigenvalue weighted by atomic mass is 19.4. The molecule has 0 spiro atoms. The van der Waals surface area contributed by atoms with Crippen molar-refractivity contribution in [3.8, 4) is 0 Å². The minimum Gasteiger partial charge on any atom is -0.463 e. The summed E-state index contributed by atoms with van der Waals surface area (Å²) in [4.78, 5) is 12.1. The molecule has 0 unspecified atom stereocenters. The first-order valence-electron chi connectivity index (χ1n) is 8.37. The molecule has 0 aliphatic rings. The van der Waals surface area contributed by atoms with Crippen molar-refractivity contribution < 1.29 is 27.8 Å². The van der Waals surface area contributed by atoms with Gasteiger partial charge in [-0.25, -0.2) is 4.79 Å². The first-order valence-corrected chi connectivity index (χ1v) is 8.37. The number of alkyl halides is 3. The van der Waals surface area contributed by atoms with Gasteiger partial charge >= 0.3 is 12.1 Å². The van der Waals surface area contributed by atoms with Crippen molar-refractivity contribution in [2.45, 2.75) is 25.2 Å². The second kappa shape index (κ2) is 7.08. The molecule has 0 aliphatic carbocycles. The summed E-state index contributed by atoms with van der Waals surface area (Å²) in [5.74, 6) is -1.74. The number of aromatic nitrogens is 1. The van der Waals surface area contributed by atoms with Crippen LogP contribution in [0.5, 0.6) is 0 Å². The lowest BCUT2D eigenvalue weighted by atomic mass is 9.92. The van der Waals surface area contributed by atoms with Crippen molar-refractivity contribution in [2.75, 3.05) is 6.61 Å². The summed E-state index contributed by atoms with van der Waals surface area (Å²) in [6.07, 6.45) is -4.07. The normalized spacial score (nSPS) is 14.1. The zero-order valence-corrected chi connectivity index (χ0v) is 14.5. The maximum Gasteiger partial charge on any atom is 0.432 e. The van der Waals surface area contributed by atoms with Gasteiger partial charge in [-0.3, -0.25) is 0 Å². The zero-order valence-electron chi connectivity index (χ0n) is 14.5. The van der Waals surface area contributed by atoms with E-state index in [1.165, 1.54) is 19.2 Å². The SMILES string of the molecule is CCOC(=O)[C@](O)(c1cn(Cc2ccccc2)c2ccccc12)C(F)(F)F. The van der Waals surface area contributed by atoms with Crippen LogP contribution in [0.15, 0.2) is 60.8 Å². The minimum absolute atomic E-state index is 0.140. The third-order valence-electron chi connectivity index (χ3n) is 4.36. The monoisotopic (exact) mass is 377 g/mol. The largest absolute Gasteiger partial charge is 0.463 e. The molecule has 3 aromatic rings. The predicted molar refractivity (Wildman–Crippen MR) is 94.1 cm³/mol. The van der Waals surface area contributed by atoms with Gasteiger partial charge in [0.05, 0.1) is 6.61 Å². The van der Waals surface area contributed by atoms with Crippen molar-refractivity contribution in [2.24, 2.45) is 0 Å². The number of nitrogens with zero attached hydrogens (tertiary/aromatic N) is 1. The minimum atomic E-state index is -5.24. The molecular formula is C20H18F3NO3. The van der Waals surface area contributed by atoms with Gasteiger partial charge in [0.2, 0.25) is 0 Å². The Balaban J connectivity index is 2.20. The van der Waals surface area contributed by atoms with Crippen molar-refractivity contribution in [3.05, 3.63) is 71.9 Å². The first-order chi connectivity index (χ1) is 12.8. The summed E-state index contributed by atoms with van der Waals surface area (Å²) < 4.78 is 47.4. The number of benzene rings is 2. The summed E-state index contributed by atoms with van der Waals surface area (Å²) in [5, 5.41) is 10.6. The summed E-state index contributed by atoms with van der Waals surface area (Å²) in [6.45, 7) is 1.39. The van der Waals surface area contributed by atoms with Crippen LogP contribution in [-0.4, -0.2) is 28.4 Å². The topological polar surface area (TPSA) is 51.5 Å². The number of esters is 1. The van der Waals surface area contributed by atoms with Crippen molar-refractivity contribution in [1.29, 1.82) is 0 Å². The van der Waals surface area contributed by atoms with Gasteiger partial charge in [-0.15, -0.1) is 0 Å². The van der Waals surface area contributed by atoms with Crippen LogP contribution in [-0.2, 0) is 21.7 Å². The van der Waals surface area contributed by atoms with E-state index < -0.39 is 23.3 Å². The quantitative estimate of drug-likeness (QED) is 0.684. The van der Waals surface area contributed by atoms with Gasteiger partial charge in [-0.2, -0.15) is 13.2 Å². The lowest BCUT2D eigenvalue weighted by Crippen LogP contribution is -2.50. The van der Waals surface area contributed by atoms with Crippen molar-refractivity contribution in [1.82, 2.24) is 4.57 Å². The summed E-state index contributed by atoms with van der Waals surface area (Å²) in [7, 11) is 0. The second-order valence-corrected chi connectivity index (χ2v) is 6.10. The third-order valence-corrected chi connectivity index (χ3v) is 4.36. The van der Waals surface area contributed by atoms with Crippen LogP contribution in [0.1, 0.15) is 18.1 Å². The van der Waals surface area contributed by atoms with Crippen LogP contribution in [0.25, 0.3) is 10.9 Å². The Morgan fingerprint density at radius 1 is 1.07 bits per heavy atom. The highest BCUT2D eigenvalue weighted by molar-refractivity contribution is 5.92. The molecule has 2 aromatic carbocycles. The number of halogens is 3. The molecule has 1 heterocycles. The van der Waals surface area contributed by atoms with E-state index in [1.807, 2.05) is 30.3 Å². The molecule has 0 amide bonds. The molecule has 0 bridgehead atoms. The van der Waals surface area contributed by atoms with Gasteiger partial charge in [0.1, 0.15) is 0 Å². The van der Waals surface area contributed by atoms with Crippen LogP contribution in [0.3, 0.4) is 0 Å². The summed E-state index contributed by atoms with van der Waals surface area (Å²) in [5.41, 5.74) is -2.94. The molecule has 1 N–H and O–H groups in total. The lowest BCUT2D eigenvalue weighted by Gasteiger charge is -2.27. The third kappa shape index (κ3) is 3.30. The van der Waals surface area contributed by atoms with E-state index >= 15 is 0 Å². The van der Waals surface area contributed by atoms with Gasteiger partial charge in [-0.05, 0) is 18.6 Å². The van der Waals surface area contributed by atoms with Crippen LogP contribution >= 0.6 is 0 Å². The van der Waals surface area contributed by atoms with E-state index in [1.54, 1.807) is 22.8 Å². The number of carbonyl (C=O) groups is 1. The number of rotatable bonds is 5. The fourth-order valence-electron chi connectivity index (χ4n) is 3.06. The molecule has 1 atom stereocenters.